The maximum atomic E-state index is 12.7. The predicted octanol–water partition coefficient (Wildman–Crippen LogP) is 2.26. The Bertz CT molecular complexity index is 1080. The van der Waals surface area contributed by atoms with Crippen molar-refractivity contribution in [3.05, 3.63) is 54.1 Å². The van der Waals surface area contributed by atoms with Gasteiger partial charge >= 0.3 is 0 Å². The van der Waals surface area contributed by atoms with Crippen LogP contribution in [0.15, 0.2) is 58.3 Å². The third-order valence-electron chi connectivity index (χ3n) is 4.67. The number of carbonyl (C=O) groups is 1. The minimum absolute atomic E-state index is 0.0416. The number of anilines is 1. The van der Waals surface area contributed by atoms with Crippen LogP contribution in [0, 0.1) is 0 Å². The van der Waals surface area contributed by atoms with Gasteiger partial charge in [0.25, 0.3) is 0 Å². The third kappa shape index (κ3) is 4.43. The van der Waals surface area contributed by atoms with E-state index in [0.29, 0.717) is 24.2 Å². The van der Waals surface area contributed by atoms with E-state index in [1.807, 2.05) is 0 Å². The van der Waals surface area contributed by atoms with Crippen molar-refractivity contribution in [3.8, 4) is 0 Å². The summed E-state index contributed by atoms with van der Waals surface area (Å²) in [5.41, 5.74) is 1.33. The normalized spacial score (nSPS) is 16.4. The average Bonchev–Trinajstić information content (AvgIpc) is 3.07. The van der Waals surface area contributed by atoms with Gasteiger partial charge in [0.15, 0.2) is 9.84 Å². The van der Waals surface area contributed by atoms with Crippen LogP contribution in [0.1, 0.15) is 31.4 Å². The lowest BCUT2D eigenvalue weighted by atomic mass is 10.1. The zero-order chi connectivity index (χ0) is 20.5. The number of benzene rings is 2. The van der Waals surface area contributed by atoms with Gasteiger partial charge in [0.05, 0.1) is 9.79 Å². The van der Waals surface area contributed by atoms with E-state index in [1.165, 1.54) is 24.3 Å². The number of rotatable bonds is 6. The summed E-state index contributed by atoms with van der Waals surface area (Å²) in [7, 11) is -7.08. The molecule has 0 aliphatic carbocycles. The molecule has 28 heavy (non-hydrogen) atoms. The first-order valence-electron chi connectivity index (χ1n) is 8.81. The molecule has 1 saturated heterocycles. The number of amides is 1. The molecule has 2 aromatic rings. The quantitative estimate of drug-likeness (QED) is 0.770. The smallest absolute Gasteiger partial charge is 0.241 e. The van der Waals surface area contributed by atoms with Crippen LogP contribution in [0.5, 0.6) is 0 Å². The highest BCUT2D eigenvalue weighted by Gasteiger charge is 2.23. The summed E-state index contributed by atoms with van der Waals surface area (Å²) in [6.07, 6.45) is 2.43. The lowest BCUT2D eigenvalue weighted by Crippen LogP contribution is -2.27. The number of hydrogen-bond donors (Lipinski definition) is 1. The van der Waals surface area contributed by atoms with Crippen molar-refractivity contribution < 1.29 is 21.6 Å². The predicted molar refractivity (Wildman–Crippen MR) is 106 cm³/mol. The zero-order valence-corrected chi connectivity index (χ0v) is 17.3. The van der Waals surface area contributed by atoms with Crippen LogP contribution in [0.25, 0.3) is 0 Å². The van der Waals surface area contributed by atoms with Crippen LogP contribution in [-0.2, 0) is 24.7 Å². The number of sulfone groups is 1. The SMILES string of the molecule is C[C@@H](NS(=O)(=O)c1ccc(N2CCCC2=O)cc1)c1ccc(S(C)(=O)=O)cc1. The topological polar surface area (TPSA) is 101 Å². The van der Waals surface area contributed by atoms with Gasteiger partial charge in [-0.3, -0.25) is 4.79 Å². The summed E-state index contributed by atoms with van der Waals surface area (Å²) in [6.45, 7) is 2.33. The van der Waals surface area contributed by atoms with E-state index in [9.17, 15) is 21.6 Å². The first-order chi connectivity index (χ1) is 13.1. The Kier molecular flexibility index (Phi) is 5.60. The van der Waals surface area contributed by atoms with Crippen LogP contribution in [0.2, 0.25) is 0 Å². The largest absolute Gasteiger partial charge is 0.312 e. The summed E-state index contributed by atoms with van der Waals surface area (Å²) in [4.78, 5) is 13.7. The van der Waals surface area contributed by atoms with E-state index in [4.69, 9.17) is 0 Å². The summed E-state index contributed by atoms with van der Waals surface area (Å²) in [5, 5.41) is 0. The standard InChI is InChI=1S/C19H22N2O5S2/c1-14(15-5-9-17(10-6-15)27(2,23)24)20-28(25,26)18-11-7-16(8-12-18)21-13-3-4-19(21)22/h5-12,14,20H,3-4,13H2,1-2H3/t14-/m1/s1. The van der Waals surface area contributed by atoms with Gasteiger partial charge in [-0.15, -0.1) is 0 Å². The molecule has 0 saturated carbocycles. The van der Waals surface area contributed by atoms with E-state index >= 15 is 0 Å². The molecule has 1 aliphatic heterocycles. The maximum absolute atomic E-state index is 12.7. The molecule has 7 nitrogen and oxygen atoms in total. The Morgan fingerprint density at radius 3 is 2.00 bits per heavy atom. The second-order valence-electron chi connectivity index (χ2n) is 6.83. The first kappa shape index (κ1) is 20.5. The first-order valence-corrected chi connectivity index (χ1v) is 12.2. The summed E-state index contributed by atoms with van der Waals surface area (Å²) >= 11 is 0. The summed E-state index contributed by atoms with van der Waals surface area (Å²) < 4.78 is 51.0. The molecule has 2 aromatic carbocycles. The molecule has 0 aromatic heterocycles. The van der Waals surface area contributed by atoms with Crippen molar-refractivity contribution in [3.63, 3.8) is 0 Å². The second-order valence-corrected chi connectivity index (χ2v) is 10.6. The Hall–Kier alpha value is -2.23. The van der Waals surface area contributed by atoms with Gasteiger partial charge in [-0.05, 0) is 55.3 Å². The highest BCUT2D eigenvalue weighted by molar-refractivity contribution is 7.90. The van der Waals surface area contributed by atoms with Gasteiger partial charge in [-0.25, -0.2) is 21.6 Å². The molecule has 1 amide bonds. The molecule has 1 N–H and O–H groups in total. The molecule has 0 bridgehead atoms. The molecule has 0 spiro atoms. The molecule has 0 radical (unpaired) electrons. The summed E-state index contributed by atoms with van der Waals surface area (Å²) in [5.74, 6) is 0.0416. The van der Waals surface area contributed by atoms with Gasteiger partial charge < -0.3 is 4.90 Å². The monoisotopic (exact) mass is 422 g/mol. The van der Waals surface area contributed by atoms with Crippen molar-refractivity contribution >= 4 is 31.5 Å². The van der Waals surface area contributed by atoms with E-state index in [1.54, 1.807) is 36.1 Å². The van der Waals surface area contributed by atoms with Crippen molar-refractivity contribution in [1.29, 1.82) is 0 Å². The molecule has 1 heterocycles. The fourth-order valence-corrected chi connectivity index (χ4v) is 4.96. The van der Waals surface area contributed by atoms with Gasteiger partial charge in [0, 0.05) is 31.0 Å². The van der Waals surface area contributed by atoms with Gasteiger partial charge in [-0.2, -0.15) is 0 Å². The number of sulfonamides is 1. The lowest BCUT2D eigenvalue weighted by Gasteiger charge is -2.17. The maximum Gasteiger partial charge on any atom is 0.241 e. The molecule has 150 valence electrons. The van der Waals surface area contributed by atoms with Crippen molar-refractivity contribution in [1.82, 2.24) is 4.72 Å². The number of hydrogen-bond acceptors (Lipinski definition) is 5. The average molecular weight is 423 g/mol. The van der Waals surface area contributed by atoms with E-state index in [-0.39, 0.29) is 15.7 Å². The third-order valence-corrected chi connectivity index (χ3v) is 7.36. The van der Waals surface area contributed by atoms with Crippen LogP contribution in [-0.4, -0.2) is 35.5 Å². The Morgan fingerprint density at radius 1 is 0.929 bits per heavy atom. The fraction of sp³-hybridized carbons (Fsp3) is 0.316. The fourth-order valence-electron chi connectivity index (χ4n) is 3.10. The van der Waals surface area contributed by atoms with Crippen molar-refractivity contribution in [2.45, 2.75) is 35.6 Å². The van der Waals surface area contributed by atoms with Gasteiger partial charge in [0.1, 0.15) is 0 Å². The molecule has 1 atom stereocenters. The highest BCUT2D eigenvalue weighted by atomic mass is 32.2. The molecule has 3 rings (SSSR count). The Morgan fingerprint density at radius 2 is 1.50 bits per heavy atom. The van der Waals surface area contributed by atoms with E-state index in [0.717, 1.165) is 12.7 Å². The second kappa shape index (κ2) is 7.65. The Balaban J connectivity index is 1.74. The number of nitrogens with zero attached hydrogens (tertiary/aromatic N) is 1. The number of nitrogens with one attached hydrogen (secondary N) is 1. The molecule has 0 unspecified atom stereocenters. The van der Waals surface area contributed by atoms with Crippen molar-refractivity contribution in [2.75, 3.05) is 17.7 Å². The highest BCUT2D eigenvalue weighted by Crippen LogP contribution is 2.24. The number of carbonyl (C=O) groups excluding carboxylic acids is 1. The minimum Gasteiger partial charge on any atom is -0.312 e. The van der Waals surface area contributed by atoms with Crippen LogP contribution in [0.3, 0.4) is 0 Å². The van der Waals surface area contributed by atoms with Crippen LogP contribution < -0.4 is 9.62 Å². The molecular weight excluding hydrogens is 400 g/mol. The van der Waals surface area contributed by atoms with Gasteiger partial charge in [0.2, 0.25) is 15.9 Å². The van der Waals surface area contributed by atoms with Gasteiger partial charge in [-0.1, -0.05) is 12.1 Å². The Labute approximate surface area is 165 Å². The van der Waals surface area contributed by atoms with E-state index in [2.05, 4.69) is 4.72 Å². The van der Waals surface area contributed by atoms with E-state index < -0.39 is 25.9 Å². The summed E-state index contributed by atoms with van der Waals surface area (Å²) in [6, 6.07) is 11.8. The lowest BCUT2D eigenvalue weighted by molar-refractivity contribution is -0.117. The molecule has 1 aliphatic rings. The molecule has 9 heteroatoms. The van der Waals surface area contributed by atoms with Crippen LogP contribution >= 0.6 is 0 Å². The zero-order valence-electron chi connectivity index (χ0n) is 15.6. The molecule has 1 fully saturated rings. The minimum atomic E-state index is -3.77. The van der Waals surface area contributed by atoms with Crippen molar-refractivity contribution in [2.24, 2.45) is 0 Å². The molecular formula is C19H22N2O5S2. The van der Waals surface area contributed by atoms with Crippen LogP contribution in [0.4, 0.5) is 5.69 Å².